The lowest BCUT2D eigenvalue weighted by Gasteiger charge is -2.25. The maximum Gasteiger partial charge on any atom is 0.236 e. The first-order valence-corrected chi connectivity index (χ1v) is 5.99. The third-order valence-corrected chi connectivity index (χ3v) is 1.94. The maximum absolute atomic E-state index is 11.1. The molecule has 1 fully saturated rings. The van der Waals surface area contributed by atoms with Crippen LogP contribution in [0.15, 0.2) is 0 Å². The molecule has 1 N–H and O–H groups in total. The van der Waals surface area contributed by atoms with Crippen LogP contribution in [0, 0.1) is 11.3 Å². The van der Waals surface area contributed by atoms with E-state index in [4.69, 9.17) is 5.26 Å². The molecule has 4 nitrogen and oxygen atoms in total. The zero-order chi connectivity index (χ0) is 12.8. The summed E-state index contributed by atoms with van der Waals surface area (Å²) in [5.41, 5.74) is 0. The zero-order valence-electron chi connectivity index (χ0n) is 11.0. The fraction of sp³-hybridized carbons (Fsp3) is 0.833. The average Bonchev–Trinajstić information content (AvgIpc) is 2.34. The van der Waals surface area contributed by atoms with Crippen molar-refractivity contribution in [3.8, 4) is 6.07 Å². The molecule has 0 bridgehead atoms. The molecule has 1 saturated heterocycles. The lowest BCUT2D eigenvalue weighted by Crippen LogP contribution is -2.35. The first kappa shape index (κ1) is 17.3. The highest BCUT2D eigenvalue weighted by molar-refractivity contribution is 5.78. The fourth-order valence-corrected chi connectivity index (χ4v) is 1.32. The van der Waals surface area contributed by atoms with Crippen LogP contribution in [-0.2, 0) is 4.79 Å². The van der Waals surface area contributed by atoms with Gasteiger partial charge in [0.15, 0.2) is 0 Å². The van der Waals surface area contributed by atoms with E-state index in [9.17, 15) is 4.79 Å². The van der Waals surface area contributed by atoms with E-state index in [1.165, 1.54) is 6.42 Å². The third kappa shape index (κ3) is 9.47. The molecule has 1 aliphatic heterocycles. The van der Waals surface area contributed by atoms with Crippen molar-refractivity contribution in [1.29, 1.82) is 5.26 Å². The largest absolute Gasteiger partial charge is 0.342 e. The number of nitriles is 1. The van der Waals surface area contributed by atoms with Gasteiger partial charge in [-0.15, -0.1) is 0 Å². The molecule has 94 valence electrons. The Morgan fingerprint density at radius 3 is 2.06 bits per heavy atom. The van der Waals surface area contributed by atoms with Crippen LogP contribution in [0.5, 0.6) is 0 Å². The lowest BCUT2D eigenvalue weighted by atomic mass is 10.1. The van der Waals surface area contributed by atoms with Crippen molar-refractivity contribution in [2.45, 2.75) is 39.5 Å². The van der Waals surface area contributed by atoms with Gasteiger partial charge in [0.05, 0.1) is 6.07 Å². The number of amides is 1. The molecule has 0 aromatic heterocycles. The van der Waals surface area contributed by atoms with Gasteiger partial charge >= 0.3 is 0 Å². The van der Waals surface area contributed by atoms with Gasteiger partial charge in [-0.2, -0.15) is 5.26 Å². The summed E-state index contributed by atoms with van der Waals surface area (Å²) in [6.07, 6.45) is 3.45. The Balaban J connectivity index is 0. The van der Waals surface area contributed by atoms with Crippen LogP contribution < -0.4 is 5.32 Å². The highest BCUT2D eigenvalue weighted by Crippen LogP contribution is 2.09. The standard InChI is InChI=1S/C8H12N2O.C2H7N.C2H6/c9-5-4-8(11)10-6-2-1-3-7-10;1-3-2;1-2/h1-4,6-7H2;3H,1-2H3;1-2H3. The van der Waals surface area contributed by atoms with E-state index in [0.29, 0.717) is 0 Å². The molecule has 1 heterocycles. The van der Waals surface area contributed by atoms with Crippen LogP contribution in [0.2, 0.25) is 0 Å². The minimum Gasteiger partial charge on any atom is -0.342 e. The van der Waals surface area contributed by atoms with Crippen molar-refractivity contribution in [3.63, 3.8) is 0 Å². The molecular weight excluding hydrogens is 202 g/mol. The van der Waals surface area contributed by atoms with E-state index in [1.54, 1.807) is 4.90 Å². The third-order valence-electron chi connectivity index (χ3n) is 1.94. The van der Waals surface area contributed by atoms with Gasteiger partial charge in [-0.3, -0.25) is 4.79 Å². The number of likely N-dealkylation sites (tertiary alicyclic amines) is 1. The molecule has 0 radical (unpaired) electrons. The van der Waals surface area contributed by atoms with Crippen molar-refractivity contribution >= 4 is 5.91 Å². The maximum atomic E-state index is 11.1. The van der Waals surface area contributed by atoms with Crippen molar-refractivity contribution in [1.82, 2.24) is 10.2 Å². The molecule has 4 heteroatoms. The molecule has 1 amide bonds. The lowest BCUT2D eigenvalue weighted by molar-refractivity contribution is -0.130. The number of piperidine rings is 1. The normalized spacial score (nSPS) is 13.6. The number of hydrogen-bond donors (Lipinski definition) is 1. The van der Waals surface area contributed by atoms with Gasteiger partial charge < -0.3 is 10.2 Å². The molecule has 1 rings (SSSR count). The summed E-state index contributed by atoms with van der Waals surface area (Å²) in [5.74, 6) is -0.00722. The second kappa shape index (κ2) is 13.9. The Bertz CT molecular complexity index is 193. The highest BCUT2D eigenvalue weighted by Gasteiger charge is 2.14. The molecule has 0 aromatic carbocycles. The van der Waals surface area contributed by atoms with E-state index in [2.05, 4.69) is 5.32 Å². The molecule has 0 saturated carbocycles. The van der Waals surface area contributed by atoms with Gasteiger partial charge in [0.25, 0.3) is 0 Å². The minimum atomic E-state index is -0.00722. The Hall–Kier alpha value is -1.08. The molecular formula is C12H25N3O. The molecule has 0 spiro atoms. The van der Waals surface area contributed by atoms with E-state index >= 15 is 0 Å². The van der Waals surface area contributed by atoms with Gasteiger partial charge in [-0.25, -0.2) is 0 Å². The first-order chi connectivity index (χ1) is 7.76. The Morgan fingerprint density at radius 1 is 1.25 bits per heavy atom. The average molecular weight is 227 g/mol. The molecule has 0 atom stereocenters. The summed E-state index contributed by atoms with van der Waals surface area (Å²) in [7, 11) is 3.75. The second-order valence-corrected chi connectivity index (χ2v) is 3.28. The minimum absolute atomic E-state index is 0.00722. The summed E-state index contributed by atoms with van der Waals surface area (Å²) in [6.45, 7) is 5.70. The van der Waals surface area contributed by atoms with Gasteiger partial charge in [0.2, 0.25) is 5.91 Å². The summed E-state index contributed by atoms with van der Waals surface area (Å²) < 4.78 is 0. The Kier molecular flexibility index (Phi) is 15.1. The van der Waals surface area contributed by atoms with Crippen molar-refractivity contribution in [2.75, 3.05) is 27.2 Å². The monoisotopic (exact) mass is 227 g/mol. The SMILES string of the molecule is CC.CNC.N#CCC(=O)N1CCCCC1. The predicted octanol–water partition coefficient (Wildman–Crippen LogP) is 1.77. The fourth-order valence-electron chi connectivity index (χ4n) is 1.32. The Morgan fingerprint density at radius 2 is 1.69 bits per heavy atom. The number of nitrogens with zero attached hydrogens (tertiary/aromatic N) is 2. The van der Waals surface area contributed by atoms with Crippen LogP contribution in [-0.4, -0.2) is 38.0 Å². The van der Waals surface area contributed by atoms with Crippen molar-refractivity contribution in [2.24, 2.45) is 0 Å². The number of nitrogens with one attached hydrogen (secondary N) is 1. The van der Waals surface area contributed by atoms with Crippen molar-refractivity contribution in [3.05, 3.63) is 0 Å². The molecule has 16 heavy (non-hydrogen) atoms. The molecule has 0 aromatic rings. The summed E-state index contributed by atoms with van der Waals surface area (Å²) in [4.78, 5) is 12.9. The summed E-state index contributed by atoms with van der Waals surface area (Å²) in [6, 6.07) is 1.87. The van der Waals surface area contributed by atoms with Gasteiger partial charge in [0.1, 0.15) is 6.42 Å². The topological polar surface area (TPSA) is 56.1 Å². The Labute approximate surface area is 99.6 Å². The van der Waals surface area contributed by atoms with E-state index in [0.717, 1.165) is 25.9 Å². The van der Waals surface area contributed by atoms with E-state index < -0.39 is 0 Å². The van der Waals surface area contributed by atoms with Gasteiger partial charge in [-0.05, 0) is 33.4 Å². The van der Waals surface area contributed by atoms with E-state index in [-0.39, 0.29) is 12.3 Å². The van der Waals surface area contributed by atoms with Crippen LogP contribution >= 0.6 is 0 Å². The van der Waals surface area contributed by atoms with Crippen LogP contribution in [0.4, 0.5) is 0 Å². The van der Waals surface area contributed by atoms with Crippen molar-refractivity contribution < 1.29 is 4.79 Å². The van der Waals surface area contributed by atoms with Gasteiger partial charge in [-0.1, -0.05) is 13.8 Å². The molecule has 0 aliphatic carbocycles. The predicted molar refractivity (Wildman–Crippen MR) is 67.0 cm³/mol. The molecule has 1 aliphatic rings. The number of carbonyl (C=O) groups is 1. The van der Waals surface area contributed by atoms with E-state index in [1.807, 2.05) is 34.0 Å². The number of carbonyl (C=O) groups excluding carboxylic acids is 1. The quantitative estimate of drug-likeness (QED) is 0.743. The number of rotatable bonds is 1. The highest BCUT2D eigenvalue weighted by atomic mass is 16.2. The van der Waals surface area contributed by atoms with Crippen LogP contribution in [0.25, 0.3) is 0 Å². The summed E-state index contributed by atoms with van der Waals surface area (Å²) in [5, 5.41) is 11.0. The second-order valence-electron chi connectivity index (χ2n) is 3.28. The van der Waals surface area contributed by atoms with Crippen LogP contribution in [0.3, 0.4) is 0 Å². The number of hydrogen-bond acceptors (Lipinski definition) is 3. The summed E-state index contributed by atoms with van der Waals surface area (Å²) >= 11 is 0. The van der Waals surface area contributed by atoms with Gasteiger partial charge in [0, 0.05) is 13.1 Å². The zero-order valence-corrected chi connectivity index (χ0v) is 11.0. The molecule has 0 unspecified atom stereocenters. The first-order valence-electron chi connectivity index (χ1n) is 5.99. The van der Waals surface area contributed by atoms with Crippen LogP contribution in [0.1, 0.15) is 39.5 Å². The smallest absolute Gasteiger partial charge is 0.236 e.